The molecule has 0 saturated heterocycles. The summed E-state index contributed by atoms with van der Waals surface area (Å²) in [5.74, 6) is -0.968. The van der Waals surface area contributed by atoms with Gasteiger partial charge in [0.1, 0.15) is 29.1 Å². The van der Waals surface area contributed by atoms with Gasteiger partial charge < -0.3 is 9.88 Å². The molecule has 1 aromatic carbocycles. The van der Waals surface area contributed by atoms with E-state index >= 15 is 0 Å². The van der Waals surface area contributed by atoms with Gasteiger partial charge in [-0.15, -0.1) is 0 Å². The standard InChI is InChI=1S/C25H27F2N5O/c1-15(2)13-31-17(4)8-19(18(31)5)9-20(11-28)25(33)30-24-16(3)12-29-32(24)14-21-10-22(26)6-7-23(21)27/h6-10,12,15H,13-14H2,1-5H3,(H,30,33)/b20-9-. The molecule has 2 heterocycles. The molecule has 0 fully saturated rings. The van der Waals surface area contributed by atoms with Crippen LogP contribution in [-0.4, -0.2) is 20.3 Å². The van der Waals surface area contributed by atoms with Crippen molar-refractivity contribution in [3.8, 4) is 6.07 Å². The van der Waals surface area contributed by atoms with Crippen LogP contribution in [0, 0.1) is 49.7 Å². The van der Waals surface area contributed by atoms with Crippen molar-refractivity contribution in [3.05, 3.63) is 75.7 Å². The molecule has 3 aromatic rings. The van der Waals surface area contributed by atoms with E-state index in [4.69, 9.17) is 0 Å². The van der Waals surface area contributed by atoms with Crippen molar-refractivity contribution < 1.29 is 13.6 Å². The maximum absolute atomic E-state index is 14.1. The van der Waals surface area contributed by atoms with Gasteiger partial charge in [0.15, 0.2) is 0 Å². The minimum atomic E-state index is -0.601. The third-order valence-corrected chi connectivity index (χ3v) is 5.41. The summed E-state index contributed by atoms with van der Waals surface area (Å²) >= 11 is 0. The van der Waals surface area contributed by atoms with Crippen LogP contribution in [0.3, 0.4) is 0 Å². The Labute approximate surface area is 192 Å². The Morgan fingerprint density at radius 1 is 1.24 bits per heavy atom. The lowest BCUT2D eigenvalue weighted by molar-refractivity contribution is -0.112. The maximum Gasteiger partial charge on any atom is 0.267 e. The number of hydrogen-bond acceptors (Lipinski definition) is 3. The molecule has 1 N–H and O–H groups in total. The minimum Gasteiger partial charge on any atom is -0.348 e. The maximum atomic E-state index is 14.1. The van der Waals surface area contributed by atoms with Crippen LogP contribution in [0.15, 0.2) is 36.0 Å². The number of nitriles is 1. The number of nitrogens with zero attached hydrogens (tertiary/aromatic N) is 4. The summed E-state index contributed by atoms with van der Waals surface area (Å²) in [6, 6.07) is 7.09. The van der Waals surface area contributed by atoms with Crippen molar-refractivity contribution in [2.75, 3.05) is 5.32 Å². The number of anilines is 1. The van der Waals surface area contributed by atoms with Crippen LogP contribution in [0.4, 0.5) is 14.6 Å². The number of amides is 1. The second kappa shape index (κ2) is 9.82. The van der Waals surface area contributed by atoms with Crippen LogP contribution in [0.25, 0.3) is 6.08 Å². The second-order valence-corrected chi connectivity index (χ2v) is 8.52. The number of aromatic nitrogens is 3. The van der Waals surface area contributed by atoms with Gasteiger partial charge in [0.05, 0.1) is 12.7 Å². The van der Waals surface area contributed by atoms with E-state index in [9.17, 15) is 18.8 Å². The minimum absolute atomic E-state index is 0.0658. The summed E-state index contributed by atoms with van der Waals surface area (Å²) in [6.45, 7) is 10.7. The van der Waals surface area contributed by atoms with Crippen molar-refractivity contribution in [1.29, 1.82) is 5.26 Å². The third kappa shape index (κ3) is 5.37. The van der Waals surface area contributed by atoms with E-state index in [-0.39, 0.29) is 17.7 Å². The van der Waals surface area contributed by atoms with Crippen LogP contribution in [0.1, 0.15) is 41.9 Å². The van der Waals surface area contributed by atoms with Crippen molar-refractivity contribution >= 4 is 17.8 Å². The molecular weight excluding hydrogens is 424 g/mol. The average molecular weight is 452 g/mol. The van der Waals surface area contributed by atoms with E-state index in [2.05, 4.69) is 28.8 Å². The zero-order valence-electron chi connectivity index (χ0n) is 19.4. The lowest BCUT2D eigenvalue weighted by Crippen LogP contribution is -2.18. The molecule has 0 unspecified atom stereocenters. The van der Waals surface area contributed by atoms with E-state index in [1.807, 2.05) is 26.0 Å². The molecule has 8 heteroatoms. The number of hydrogen-bond donors (Lipinski definition) is 1. The Morgan fingerprint density at radius 2 is 1.97 bits per heavy atom. The summed E-state index contributed by atoms with van der Waals surface area (Å²) in [5, 5.41) is 16.5. The predicted octanol–water partition coefficient (Wildman–Crippen LogP) is 5.14. The number of benzene rings is 1. The smallest absolute Gasteiger partial charge is 0.267 e. The highest BCUT2D eigenvalue weighted by atomic mass is 19.1. The molecule has 172 valence electrons. The lowest BCUT2D eigenvalue weighted by Gasteiger charge is -2.12. The van der Waals surface area contributed by atoms with Gasteiger partial charge in [-0.05, 0) is 62.6 Å². The van der Waals surface area contributed by atoms with Crippen molar-refractivity contribution in [3.63, 3.8) is 0 Å². The van der Waals surface area contributed by atoms with E-state index in [0.29, 0.717) is 17.3 Å². The molecule has 0 atom stereocenters. The van der Waals surface area contributed by atoms with Gasteiger partial charge in [0.2, 0.25) is 0 Å². The van der Waals surface area contributed by atoms with Gasteiger partial charge in [-0.2, -0.15) is 10.4 Å². The fraction of sp³-hybridized carbons (Fsp3) is 0.320. The van der Waals surface area contributed by atoms with Crippen molar-refractivity contribution in [2.24, 2.45) is 5.92 Å². The number of rotatable bonds is 7. The first-order valence-electron chi connectivity index (χ1n) is 10.7. The third-order valence-electron chi connectivity index (χ3n) is 5.41. The van der Waals surface area contributed by atoms with Crippen LogP contribution in [-0.2, 0) is 17.9 Å². The fourth-order valence-corrected chi connectivity index (χ4v) is 3.69. The van der Waals surface area contributed by atoms with Crippen molar-refractivity contribution in [1.82, 2.24) is 14.3 Å². The topological polar surface area (TPSA) is 75.6 Å². The molecule has 2 aromatic heterocycles. The first-order chi connectivity index (χ1) is 15.6. The Balaban J connectivity index is 1.87. The molecule has 0 saturated carbocycles. The zero-order valence-corrected chi connectivity index (χ0v) is 19.4. The SMILES string of the molecule is Cc1cnn(Cc2cc(F)ccc2F)c1NC(=O)/C(C#N)=C\c1cc(C)n(CC(C)C)c1C. The average Bonchev–Trinajstić information content (AvgIpc) is 3.22. The second-order valence-electron chi connectivity index (χ2n) is 8.52. The monoisotopic (exact) mass is 451 g/mol. The van der Waals surface area contributed by atoms with Gasteiger partial charge in [-0.25, -0.2) is 13.5 Å². The van der Waals surface area contributed by atoms with Crippen LogP contribution in [0.2, 0.25) is 0 Å². The molecule has 1 amide bonds. The Morgan fingerprint density at radius 3 is 2.64 bits per heavy atom. The summed E-state index contributed by atoms with van der Waals surface area (Å²) in [6.07, 6.45) is 3.08. The fourth-order valence-electron chi connectivity index (χ4n) is 3.69. The summed E-state index contributed by atoms with van der Waals surface area (Å²) in [5.41, 5.74) is 3.49. The van der Waals surface area contributed by atoms with E-state index in [1.165, 1.54) is 10.9 Å². The Kier molecular flexibility index (Phi) is 7.12. The van der Waals surface area contributed by atoms with E-state index in [1.54, 1.807) is 13.0 Å². The largest absolute Gasteiger partial charge is 0.348 e. The molecule has 6 nitrogen and oxygen atoms in total. The van der Waals surface area contributed by atoms with E-state index < -0.39 is 17.5 Å². The van der Waals surface area contributed by atoms with Crippen LogP contribution < -0.4 is 5.32 Å². The van der Waals surface area contributed by atoms with Gasteiger partial charge in [0.25, 0.3) is 5.91 Å². The highest BCUT2D eigenvalue weighted by molar-refractivity contribution is 6.09. The molecule has 0 radical (unpaired) electrons. The molecule has 3 rings (SSSR count). The number of aryl methyl sites for hydroxylation is 2. The number of carbonyl (C=O) groups excluding carboxylic acids is 1. The summed E-state index contributed by atoms with van der Waals surface area (Å²) in [7, 11) is 0. The number of carbonyl (C=O) groups is 1. The van der Waals surface area contributed by atoms with Crippen LogP contribution >= 0.6 is 0 Å². The van der Waals surface area contributed by atoms with Gasteiger partial charge in [-0.1, -0.05) is 13.8 Å². The van der Waals surface area contributed by atoms with Crippen LogP contribution in [0.5, 0.6) is 0 Å². The zero-order chi connectivity index (χ0) is 24.3. The molecular formula is C25H27F2N5O. The lowest BCUT2D eigenvalue weighted by atomic mass is 10.1. The Hall–Kier alpha value is -3.73. The Bertz CT molecular complexity index is 1260. The normalized spacial score (nSPS) is 11.7. The summed E-state index contributed by atoms with van der Waals surface area (Å²) < 4.78 is 31.2. The highest BCUT2D eigenvalue weighted by Crippen LogP contribution is 2.22. The quantitative estimate of drug-likeness (QED) is 0.399. The number of nitrogens with one attached hydrogen (secondary N) is 1. The first-order valence-corrected chi connectivity index (χ1v) is 10.7. The number of halogens is 2. The van der Waals surface area contributed by atoms with E-state index in [0.717, 1.165) is 41.7 Å². The molecule has 0 bridgehead atoms. The molecule has 0 aliphatic carbocycles. The predicted molar refractivity (Wildman–Crippen MR) is 123 cm³/mol. The van der Waals surface area contributed by atoms with Gasteiger partial charge in [-0.3, -0.25) is 4.79 Å². The van der Waals surface area contributed by atoms with Gasteiger partial charge >= 0.3 is 0 Å². The molecule has 0 aliphatic rings. The van der Waals surface area contributed by atoms with Crippen molar-refractivity contribution in [2.45, 2.75) is 47.7 Å². The summed E-state index contributed by atoms with van der Waals surface area (Å²) in [4.78, 5) is 12.9. The molecule has 0 aliphatic heterocycles. The first kappa shape index (κ1) is 23.9. The molecule has 0 spiro atoms. The molecule has 33 heavy (non-hydrogen) atoms. The highest BCUT2D eigenvalue weighted by Gasteiger charge is 2.18. The van der Waals surface area contributed by atoms with Gasteiger partial charge in [0, 0.05) is 29.1 Å².